The summed E-state index contributed by atoms with van der Waals surface area (Å²) in [6.45, 7) is 10.1. The van der Waals surface area contributed by atoms with Gasteiger partial charge in [-0.05, 0) is 25.5 Å². The number of benzene rings is 1. The molecule has 0 spiro atoms. The van der Waals surface area contributed by atoms with E-state index in [1.54, 1.807) is 13.0 Å². The third kappa shape index (κ3) is 8.92. The molecule has 32 heavy (non-hydrogen) atoms. The zero-order valence-electron chi connectivity index (χ0n) is 18.4. The molecule has 0 radical (unpaired) electrons. The molecule has 1 fully saturated rings. The Labute approximate surface area is 208 Å². The van der Waals surface area contributed by atoms with Crippen molar-refractivity contribution >= 4 is 54.7 Å². The average Bonchev–Trinajstić information content (AvgIpc) is 2.69. The molecular weight excluding hydrogens is 473 g/mol. The monoisotopic (exact) mass is 503 g/mol. The first-order valence-corrected chi connectivity index (χ1v) is 10.1. The van der Waals surface area contributed by atoms with Crippen LogP contribution in [0.25, 0.3) is 6.08 Å². The second kappa shape index (κ2) is 15.0. The van der Waals surface area contributed by atoms with Crippen molar-refractivity contribution in [1.82, 2.24) is 14.8 Å². The summed E-state index contributed by atoms with van der Waals surface area (Å²) in [5.41, 5.74) is 3.10. The molecule has 2 heterocycles. The molecule has 0 aliphatic carbocycles. The number of nitrogens with zero attached hydrogens (tertiary/aromatic N) is 4. The third-order valence-electron chi connectivity index (χ3n) is 5.16. The lowest BCUT2D eigenvalue weighted by molar-refractivity contribution is -0.384. The summed E-state index contributed by atoms with van der Waals surface area (Å²) in [7, 11) is 0. The van der Waals surface area contributed by atoms with E-state index in [4.69, 9.17) is 0 Å². The Morgan fingerprint density at radius 1 is 1.06 bits per heavy atom. The van der Waals surface area contributed by atoms with Crippen molar-refractivity contribution in [2.24, 2.45) is 0 Å². The minimum absolute atomic E-state index is 0. The lowest BCUT2D eigenvalue weighted by Gasteiger charge is -2.34. The summed E-state index contributed by atoms with van der Waals surface area (Å²) in [6, 6.07) is 12.1. The normalized spacial score (nSPS) is 14.2. The van der Waals surface area contributed by atoms with Crippen LogP contribution >= 0.6 is 37.2 Å². The number of nitrogens with one attached hydrogen (secondary N) is 1. The van der Waals surface area contributed by atoms with E-state index in [9.17, 15) is 10.1 Å². The number of anilines is 1. The largest absolute Gasteiger partial charge is 0.378 e. The minimum Gasteiger partial charge on any atom is -0.378 e. The lowest BCUT2D eigenvalue weighted by atomic mass is 10.2. The Morgan fingerprint density at radius 3 is 2.31 bits per heavy atom. The Balaban J connectivity index is 0.00000320. The number of piperazine rings is 1. The number of nitro groups is 1. The molecule has 7 nitrogen and oxygen atoms in total. The van der Waals surface area contributed by atoms with Gasteiger partial charge in [-0.2, -0.15) is 0 Å². The molecule has 1 aromatic carbocycles. The SMILES string of the molecule is Cc1cc(NCCN2CCN(C/C=C/c3ccccc3)CC2)c([N+](=O)[O-])c(C)n1.Cl.Cl.Cl. The van der Waals surface area contributed by atoms with E-state index >= 15 is 0 Å². The van der Waals surface area contributed by atoms with Crippen LogP contribution in [-0.4, -0.2) is 65.5 Å². The number of aromatic nitrogens is 1. The molecule has 1 saturated heterocycles. The van der Waals surface area contributed by atoms with Crippen LogP contribution in [-0.2, 0) is 0 Å². The van der Waals surface area contributed by atoms with Crippen LogP contribution < -0.4 is 5.32 Å². The number of hydrogen-bond acceptors (Lipinski definition) is 6. The molecule has 3 rings (SSSR count). The van der Waals surface area contributed by atoms with Gasteiger partial charge in [-0.1, -0.05) is 42.5 Å². The maximum atomic E-state index is 11.3. The van der Waals surface area contributed by atoms with Gasteiger partial charge in [-0.3, -0.25) is 24.9 Å². The number of hydrogen-bond donors (Lipinski definition) is 1. The van der Waals surface area contributed by atoms with Gasteiger partial charge in [0.05, 0.1) is 4.92 Å². The van der Waals surface area contributed by atoms with Gasteiger partial charge in [-0.25, -0.2) is 0 Å². The van der Waals surface area contributed by atoms with Crippen LogP contribution in [0.4, 0.5) is 11.4 Å². The Hall–Kier alpha value is -1.90. The fraction of sp³-hybridized carbons (Fsp3) is 0.409. The van der Waals surface area contributed by atoms with Gasteiger partial charge in [0, 0.05) is 51.5 Å². The molecule has 178 valence electrons. The van der Waals surface area contributed by atoms with Crippen molar-refractivity contribution in [3.05, 3.63) is 69.5 Å². The van der Waals surface area contributed by atoms with Gasteiger partial charge in [0.25, 0.3) is 0 Å². The third-order valence-corrected chi connectivity index (χ3v) is 5.16. The van der Waals surface area contributed by atoms with E-state index in [2.05, 4.69) is 56.5 Å². The van der Waals surface area contributed by atoms with E-state index in [0.29, 0.717) is 17.9 Å². The zero-order chi connectivity index (χ0) is 20.6. The first-order valence-electron chi connectivity index (χ1n) is 10.1. The first kappa shape index (κ1) is 30.1. The predicted molar refractivity (Wildman–Crippen MR) is 139 cm³/mol. The van der Waals surface area contributed by atoms with E-state index < -0.39 is 0 Å². The van der Waals surface area contributed by atoms with E-state index in [1.807, 2.05) is 13.0 Å². The Morgan fingerprint density at radius 2 is 1.69 bits per heavy atom. The highest BCUT2D eigenvalue weighted by Crippen LogP contribution is 2.27. The van der Waals surface area contributed by atoms with E-state index in [0.717, 1.165) is 45.0 Å². The van der Waals surface area contributed by atoms with Gasteiger partial charge in [0.1, 0.15) is 11.4 Å². The molecule has 0 saturated carbocycles. The number of halogens is 3. The van der Waals surface area contributed by atoms with Crippen molar-refractivity contribution in [3.8, 4) is 0 Å². The summed E-state index contributed by atoms with van der Waals surface area (Å²) in [6.07, 6.45) is 4.39. The topological polar surface area (TPSA) is 74.5 Å². The highest BCUT2D eigenvalue weighted by Gasteiger charge is 2.20. The second-order valence-corrected chi connectivity index (χ2v) is 7.38. The fourth-order valence-corrected chi connectivity index (χ4v) is 3.63. The van der Waals surface area contributed by atoms with Crippen LogP contribution in [0.2, 0.25) is 0 Å². The van der Waals surface area contributed by atoms with Crippen LogP contribution in [0.3, 0.4) is 0 Å². The Bertz CT molecular complexity index is 860. The van der Waals surface area contributed by atoms with E-state index in [1.165, 1.54) is 5.56 Å². The van der Waals surface area contributed by atoms with Crippen molar-refractivity contribution in [2.75, 3.05) is 51.1 Å². The first-order chi connectivity index (χ1) is 14.0. The van der Waals surface area contributed by atoms with Gasteiger partial charge >= 0.3 is 5.69 Å². The lowest BCUT2D eigenvalue weighted by Crippen LogP contribution is -2.47. The van der Waals surface area contributed by atoms with Crippen LogP contribution in [0, 0.1) is 24.0 Å². The average molecular weight is 505 g/mol. The highest BCUT2D eigenvalue weighted by molar-refractivity contribution is 5.86. The molecule has 1 N–H and O–H groups in total. The molecule has 1 aliphatic rings. The summed E-state index contributed by atoms with van der Waals surface area (Å²) in [4.78, 5) is 20.0. The van der Waals surface area contributed by atoms with Gasteiger partial charge in [0.2, 0.25) is 0 Å². The standard InChI is InChI=1S/C22H29N5O2.3ClH/c1-18-17-21(22(27(28)29)19(2)24-18)23-10-12-26-15-13-25(14-16-26)11-6-9-20-7-4-3-5-8-20;;;/h3-9,17H,10-16H2,1-2H3,(H,23,24);3*1H/b9-6+;;;. The number of aryl methyl sites for hydroxylation is 2. The molecule has 1 aliphatic heterocycles. The van der Waals surface area contributed by atoms with E-state index in [-0.39, 0.29) is 47.8 Å². The van der Waals surface area contributed by atoms with Gasteiger partial charge < -0.3 is 5.32 Å². The van der Waals surface area contributed by atoms with Crippen LogP contribution in [0.5, 0.6) is 0 Å². The molecule has 0 unspecified atom stereocenters. The maximum absolute atomic E-state index is 11.3. The quantitative estimate of drug-likeness (QED) is 0.418. The zero-order valence-corrected chi connectivity index (χ0v) is 20.8. The fourth-order valence-electron chi connectivity index (χ4n) is 3.63. The van der Waals surface area contributed by atoms with Crippen molar-refractivity contribution in [1.29, 1.82) is 0 Å². The number of rotatable bonds is 8. The second-order valence-electron chi connectivity index (χ2n) is 7.38. The molecule has 0 atom stereocenters. The molecule has 0 amide bonds. The molecule has 10 heteroatoms. The Kier molecular flexibility index (Phi) is 14.1. The molecular formula is C22H32Cl3N5O2. The summed E-state index contributed by atoms with van der Waals surface area (Å²) in [5.74, 6) is 0. The predicted octanol–water partition coefficient (Wildman–Crippen LogP) is 4.61. The van der Waals surface area contributed by atoms with Gasteiger partial charge in [-0.15, -0.1) is 37.2 Å². The molecule has 0 bridgehead atoms. The molecule has 1 aromatic heterocycles. The van der Waals surface area contributed by atoms with Crippen LogP contribution in [0.1, 0.15) is 17.0 Å². The van der Waals surface area contributed by atoms with Crippen molar-refractivity contribution in [2.45, 2.75) is 13.8 Å². The summed E-state index contributed by atoms with van der Waals surface area (Å²) in [5, 5.41) is 14.6. The minimum atomic E-state index is -0.355. The van der Waals surface area contributed by atoms with Crippen molar-refractivity contribution < 1.29 is 4.92 Å². The van der Waals surface area contributed by atoms with Crippen molar-refractivity contribution in [3.63, 3.8) is 0 Å². The smallest absolute Gasteiger partial charge is 0.313 e. The molecule has 2 aromatic rings. The summed E-state index contributed by atoms with van der Waals surface area (Å²) >= 11 is 0. The number of pyridine rings is 1. The van der Waals surface area contributed by atoms with Gasteiger partial charge in [0.15, 0.2) is 0 Å². The summed E-state index contributed by atoms with van der Waals surface area (Å²) < 4.78 is 0. The maximum Gasteiger partial charge on any atom is 0.313 e. The van der Waals surface area contributed by atoms with Crippen LogP contribution in [0.15, 0.2) is 42.5 Å². The highest BCUT2D eigenvalue weighted by atomic mass is 35.5.